The minimum absolute atomic E-state index is 0. The van der Waals surface area contributed by atoms with Crippen molar-refractivity contribution >= 4 is 33.6 Å². The van der Waals surface area contributed by atoms with Crippen LogP contribution >= 0.6 is 15.6 Å². The Morgan fingerprint density at radius 1 is 0.957 bits per heavy atom. The topological polar surface area (TPSA) is 225 Å². The molecule has 0 aliphatic carbocycles. The number of aliphatic carboxylic acids is 3. The standard InChI is InChI=1S/C6H10O13P2.Fe.K.H/c7-3(8)1-6(5(11)12,2-4(9)10)18-21(16,17)19-20(13,14)15;;;/h1-2H2,(H,7,8)(H,9,10)(H,11,12)(H,16,17)(H2,13,14,15);;;/q;;+1;-1. The molecule has 0 radical (unpaired) electrons. The molecule has 0 aliphatic heterocycles. The summed E-state index contributed by atoms with van der Waals surface area (Å²) in [5, 5.41) is 25.9. The first-order chi connectivity index (χ1) is 9.19. The number of phosphoric ester groups is 1. The van der Waals surface area contributed by atoms with E-state index in [9.17, 15) is 23.5 Å². The summed E-state index contributed by atoms with van der Waals surface area (Å²) >= 11 is 0. The van der Waals surface area contributed by atoms with Gasteiger partial charge < -0.3 is 31.4 Å². The van der Waals surface area contributed by atoms with Gasteiger partial charge in [0.15, 0.2) is 5.60 Å². The Morgan fingerprint density at radius 3 is 1.52 bits per heavy atom. The number of carboxylic acids is 3. The third-order valence-corrected chi connectivity index (χ3v) is 4.02. The van der Waals surface area contributed by atoms with E-state index in [1.807, 2.05) is 0 Å². The first-order valence-electron chi connectivity index (χ1n) is 4.66. The van der Waals surface area contributed by atoms with Crippen LogP contribution in [-0.2, 0) is 49.4 Å². The molecular formula is C6H11FeKO13P2. The molecule has 13 nitrogen and oxygen atoms in total. The van der Waals surface area contributed by atoms with E-state index in [0.717, 1.165) is 0 Å². The van der Waals surface area contributed by atoms with Crippen molar-refractivity contribution in [2.45, 2.75) is 18.4 Å². The van der Waals surface area contributed by atoms with Crippen LogP contribution in [0.4, 0.5) is 0 Å². The number of carbonyl (C=O) groups is 3. The van der Waals surface area contributed by atoms with E-state index in [4.69, 9.17) is 30.0 Å². The third kappa shape index (κ3) is 11.9. The average Bonchev–Trinajstić information content (AvgIpc) is 2.08. The SMILES string of the molecule is O=C(O)CC(CC(=O)O)(OP(=O)(O)OP(=O)(O)O)C(=O)O.[Fe].[H-].[K+]. The molecule has 0 fully saturated rings. The van der Waals surface area contributed by atoms with Crippen LogP contribution in [0.2, 0.25) is 0 Å². The summed E-state index contributed by atoms with van der Waals surface area (Å²) in [5.74, 6) is -6.07. The van der Waals surface area contributed by atoms with Crippen LogP contribution in [0.3, 0.4) is 0 Å². The Bertz CT molecular complexity index is 533. The molecule has 0 bridgehead atoms. The Labute approximate surface area is 182 Å². The third-order valence-electron chi connectivity index (χ3n) is 1.76. The molecule has 0 aromatic carbocycles. The van der Waals surface area contributed by atoms with E-state index in [1.54, 1.807) is 0 Å². The van der Waals surface area contributed by atoms with Crippen molar-refractivity contribution in [3.63, 3.8) is 0 Å². The normalized spacial score (nSPS) is 13.9. The zero-order chi connectivity index (χ0) is 17.1. The summed E-state index contributed by atoms with van der Waals surface area (Å²) in [6.07, 6.45) is -3.16. The van der Waals surface area contributed by atoms with Gasteiger partial charge in [-0.2, -0.15) is 4.31 Å². The zero-order valence-corrected chi connectivity index (χ0v) is 17.2. The summed E-state index contributed by atoms with van der Waals surface area (Å²) in [6.45, 7) is 0. The number of rotatable bonds is 9. The molecule has 0 saturated carbocycles. The maximum absolute atomic E-state index is 11.3. The largest absolute Gasteiger partial charge is 1.00 e. The number of phosphoric acid groups is 2. The molecule has 0 amide bonds. The number of hydrogen-bond acceptors (Lipinski definition) is 7. The first kappa shape index (κ1) is 28.6. The molecule has 1 unspecified atom stereocenters. The van der Waals surface area contributed by atoms with Gasteiger partial charge in [0.1, 0.15) is 0 Å². The van der Waals surface area contributed by atoms with Crippen molar-refractivity contribution in [2.75, 3.05) is 0 Å². The second-order valence-corrected chi connectivity index (χ2v) is 6.33. The summed E-state index contributed by atoms with van der Waals surface area (Å²) in [7, 11) is -11.4. The predicted octanol–water partition coefficient (Wildman–Crippen LogP) is -3.90. The predicted molar refractivity (Wildman–Crippen MR) is 60.0 cm³/mol. The average molecular weight is 448 g/mol. The molecule has 23 heavy (non-hydrogen) atoms. The Kier molecular flexibility index (Phi) is 13.4. The van der Waals surface area contributed by atoms with Crippen molar-refractivity contribution < 1.29 is 132 Å². The summed E-state index contributed by atoms with van der Waals surface area (Å²) < 4.78 is 28.9. The molecule has 0 heterocycles. The van der Waals surface area contributed by atoms with Gasteiger partial charge in [-0.25, -0.2) is 13.9 Å². The molecule has 17 heteroatoms. The number of hydrogen-bond donors (Lipinski definition) is 6. The molecule has 0 aromatic rings. The molecule has 6 N–H and O–H groups in total. The van der Waals surface area contributed by atoms with E-state index in [1.165, 1.54) is 0 Å². The van der Waals surface area contributed by atoms with Crippen molar-refractivity contribution in [3.05, 3.63) is 0 Å². The van der Waals surface area contributed by atoms with E-state index in [-0.39, 0.29) is 69.9 Å². The van der Waals surface area contributed by atoms with Gasteiger partial charge in [0.05, 0.1) is 12.8 Å². The van der Waals surface area contributed by atoms with Crippen LogP contribution in [0.25, 0.3) is 0 Å². The van der Waals surface area contributed by atoms with E-state index in [0.29, 0.717) is 0 Å². The second-order valence-electron chi connectivity index (χ2n) is 3.57. The zero-order valence-electron chi connectivity index (χ0n) is 12.2. The quantitative estimate of drug-likeness (QED) is 0.147. The van der Waals surface area contributed by atoms with Gasteiger partial charge in [-0.05, 0) is 0 Å². The van der Waals surface area contributed by atoms with E-state index >= 15 is 0 Å². The fraction of sp³-hybridized carbons (Fsp3) is 0.500. The molecule has 132 valence electrons. The maximum Gasteiger partial charge on any atom is 1.00 e. The van der Waals surface area contributed by atoms with Gasteiger partial charge in [-0.1, -0.05) is 0 Å². The van der Waals surface area contributed by atoms with Crippen LogP contribution in [0, 0.1) is 0 Å². The van der Waals surface area contributed by atoms with Crippen LogP contribution in [0.5, 0.6) is 0 Å². The maximum atomic E-state index is 11.3. The monoisotopic (exact) mass is 448 g/mol. The van der Waals surface area contributed by atoms with E-state index < -0.39 is 52.0 Å². The molecule has 1 atom stereocenters. The van der Waals surface area contributed by atoms with Gasteiger partial charge >= 0.3 is 84.9 Å². The molecule has 0 spiro atoms. The van der Waals surface area contributed by atoms with E-state index in [2.05, 4.69) is 8.83 Å². The van der Waals surface area contributed by atoms with Gasteiger partial charge in [0.25, 0.3) is 0 Å². The summed E-state index contributed by atoms with van der Waals surface area (Å²) in [6, 6.07) is 0. The summed E-state index contributed by atoms with van der Waals surface area (Å²) in [4.78, 5) is 57.9. The Balaban J connectivity index is -0.000000667. The fourth-order valence-corrected chi connectivity index (χ4v) is 3.04. The molecule has 0 aromatic heterocycles. The molecule has 0 saturated heterocycles. The van der Waals surface area contributed by atoms with Crippen molar-refractivity contribution in [3.8, 4) is 0 Å². The van der Waals surface area contributed by atoms with Crippen molar-refractivity contribution in [2.24, 2.45) is 0 Å². The molecule has 0 aliphatic rings. The van der Waals surface area contributed by atoms with Gasteiger partial charge in [0, 0.05) is 17.1 Å². The second kappa shape index (κ2) is 10.7. The van der Waals surface area contributed by atoms with Gasteiger partial charge in [0.2, 0.25) is 0 Å². The first-order valence-corrected chi connectivity index (χ1v) is 7.69. The minimum atomic E-state index is -5.77. The fourth-order valence-electron chi connectivity index (χ4n) is 1.18. The Hall–Kier alpha value is 0.826. The summed E-state index contributed by atoms with van der Waals surface area (Å²) in [5.41, 5.74) is -3.27. The van der Waals surface area contributed by atoms with Crippen LogP contribution in [-0.4, -0.2) is 53.5 Å². The molecular weight excluding hydrogens is 437 g/mol. The Morgan fingerprint density at radius 2 is 1.30 bits per heavy atom. The van der Waals surface area contributed by atoms with Gasteiger partial charge in [-0.15, -0.1) is 0 Å². The van der Waals surface area contributed by atoms with Crippen LogP contribution in [0.15, 0.2) is 0 Å². The smallest absolute Gasteiger partial charge is 1.00 e. The van der Waals surface area contributed by atoms with Gasteiger partial charge in [-0.3, -0.25) is 14.1 Å². The number of carboxylic acid groups (broad SMARTS) is 3. The van der Waals surface area contributed by atoms with Crippen LogP contribution < -0.4 is 51.4 Å². The minimum Gasteiger partial charge on any atom is -1.00 e. The van der Waals surface area contributed by atoms with Crippen LogP contribution in [0.1, 0.15) is 14.3 Å². The van der Waals surface area contributed by atoms with Crippen molar-refractivity contribution in [1.29, 1.82) is 0 Å². The molecule has 0 rings (SSSR count). The van der Waals surface area contributed by atoms with Crippen molar-refractivity contribution in [1.82, 2.24) is 0 Å².